The molecule has 7 nitrogen and oxygen atoms in total. The van der Waals surface area contributed by atoms with Crippen molar-refractivity contribution in [3.8, 4) is 0 Å². The summed E-state index contributed by atoms with van der Waals surface area (Å²) in [5.41, 5.74) is 0.143. The molecule has 2 N–H and O–H groups in total. The monoisotopic (exact) mass is 389 g/mol. The minimum absolute atomic E-state index is 0.00301. The van der Waals surface area contributed by atoms with Crippen LogP contribution in [0.1, 0.15) is 59.6 Å². The molecule has 0 spiro atoms. The van der Waals surface area contributed by atoms with Gasteiger partial charge in [0.1, 0.15) is 4.83 Å². The Bertz CT molecular complexity index is 956. The fourth-order valence-corrected chi connectivity index (χ4v) is 5.60. The van der Waals surface area contributed by atoms with Crippen LogP contribution in [-0.4, -0.2) is 35.5 Å². The number of esters is 1. The standard InChI is InChI=1S/C19H23N3O4S/c1-26-18(25)19(8-3-2-4-9-19)10-20-16(24)14-21-15(23)13-11-6-5-7-12(11)27-17(13)22-14/h2-10H2,1H3,(H,20,24)(H,21,22,23). The maximum absolute atomic E-state index is 12.6. The molecule has 1 fully saturated rings. The van der Waals surface area contributed by atoms with Crippen molar-refractivity contribution in [3.63, 3.8) is 0 Å². The lowest BCUT2D eigenvalue weighted by molar-refractivity contribution is -0.154. The smallest absolute Gasteiger partial charge is 0.313 e. The van der Waals surface area contributed by atoms with Crippen LogP contribution in [0, 0.1) is 5.41 Å². The summed E-state index contributed by atoms with van der Waals surface area (Å²) in [7, 11) is 1.38. The Hall–Kier alpha value is -2.22. The highest BCUT2D eigenvalue weighted by atomic mass is 32.1. The van der Waals surface area contributed by atoms with E-state index in [-0.39, 0.29) is 23.9 Å². The molecule has 4 rings (SSSR count). The number of methoxy groups -OCH3 is 1. The average molecular weight is 389 g/mol. The average Bonchev–Trinajstić information content (AvgIpc) is 3.26. The van der Waals surface area contributed by atoms with Crippen molar-refractivity contribution >= 4 is 33.4 Å². The number of nitrogens with one attached hydrogen (secondary N) is 2. The fraction of sp³-hybridized carbons (Fsp3) is 0.579. The van der Waals surface area contributed by atoms with Gasteiger partial charge in [-0.05, 0) is 37.7 Å². The van der Waals surface area contributed by atoms with Crippen LogP contribution in [0.15, 0.2) is 4.79 Å². The molecule has 0 unspecified atom stereocenters. The molecule has 2 aromatic rings. The van der Waals surface area contributed by atoms with E-state index in [9.17, 15) is 14.4 Å². The van der Waals surface area contributed by atoms with Gasteiger partial charge in [0.25, 0.3) is 11.5 Å². The van der Waals surface area contributed by atoms with Gasteiger partial charge >= 0.3 is 5.97 Å². The number of fused-ring (bicyclic) bond motifs is 3. The topological polar surface area (TPSA) is 101 Å². The van der Waals surface area contributed by atoms with Gasteiger partial charge < -0.3 is 15.0 Å². The normalized spacial score (nSPS) is 18.3. The number of rotatable bonds is 4. The van der Waals surface area contributed by atoms with Crippen LogP contribution in [-0.2, 0) is 22.4 Å². The van der Waals surface area contributed by atoms with Gasteiger partial charge in [-0.3, -0.25) is 14.4 Å². The van der Waals surface area contributed by atoms with Crippen LogP contribution < -0.4 is 10.9 Å². The van der Waals surface area contributed by atoms with E-state index in [0.29, 0.717) is 23.1 Å². The minimum atomic E-state index is -0.683. The first-order valence-electron chi connectivity index (χ1n) is 9.45. The maximum Gasteiger partial charge on any atom is 0.313 e. The van der Waals surface area contributed by atoms with E-state index in [1.54, 1.807) is 0 Å². The van der Waals surface area contributed by atoms with E-state index in [4.69, 9.17) is 4.74 Å². The van der Waals surface area contributed by atoms with Crippen molar-refractivity contribution in [3.05, 3.63) is 26.6 Å². The highest BCUT2D eigenvalue weighted by Gasteiger charge is 2.41. The van der Waals surface area contributed by atoms with Gasteiger partial charge in [0.2, 0.25) is 5.82 Å². The maximum atomic E-state index is 12.6. The van der Waals surface area contributed by atoms with E-state index in [1.165, 1.54) is 23.3 Å². The Morgan fingerprint density at radius 3 is 2.74 bits per heavy atom. The second-order valence-corrected chi connectivity index (χ2v) is 8.55. The number of aryl methyl sites for hydroxylation is 2. The third-order valence-electron chi connectivity index (χ3n) is 5.81. The summed E-state index contributed by atoms with van der Waals surface area (Å²) in [6, 6.07) is 0. The summed E-state index contributed by atoms with van der Waals surface area (Å²) in [6.45, 7) is 0.196. The molecular weight excluding hydrogens is 366 g/mol. The number of carbonyl (C=O) groups is 2. The number of nitrogens with zero attached hydrogens (tertiary/aromatic N) is 1. The molecule has 2 aliphatic carbocycles. The summed E-state index contributed by atoms with van der Waals surface area (Å²) < 4.78 is 4.98. The van der Waals surface area contributed by atoms with Crippen molar-refractivity contribution in [2.45, 2.75) is 51.4 Å². The molecule has 27 heavy (non-hydrogen) atoms. The molecule has 2 aromatic heterocycles. The van der Waals surface area contributed by atoms with Gasteiger partial charge in [-0.1, -0.05) is 19.3 Å². The predicted octanol–water partition coefficient (Wildman–Crippen LogP) is 2.33. The van der Waals surface area contributed by atoms with E-state index in [0.717, 1.165) is 44.1 Å². The van der Waals surface area contributed by atoms with Crippen LogP contribution >= 0.6 is 11.3 Å². The Balaban J connectivity index is 1.56. The molecule has 0 atom stereocenters. The molecule has 144 valence electrons. The van der Waals surface area contributed by atoms with Gasteiger partial charge in [0.15, 0.2) is 0 Å². The first kappa shape index (κ1) is 18.2. The highest BCUT2D eigenvalue weighted by Crippen LogP contribution is 2.37. The number of aromatic amines is 1. The molecule has 0 aromatic carbocycles. The Morgan fingerprint density at radius 1 is 1.22 bits per heavy atom. The molecule has 0 bridgehead atoms. The van der Waals surface area contributed by atoms with E-state index < -0.39 is 11.3 Å². The van der Waals surface area contributed by atoms with E-state index in [1.807, 2.05) is 0 Å². The van der Waals surface area contributed by atoms with E-state index in [2.05, 4.69) is 15.3 Å². The zero-order valence-corrected chi connectivity index (χ0v) is 16.2. The number of hydrogen-bond acceptors (Lipinski definition) is 6. The Morgan fingerprint density at radius 2 is 2.00 bits per heavy atom. The van der Waals surface area contributed by atoms with Crippen LogP contribution in [0.4, 0.5) is 0 Å². The number of amides is 1. The van der Waals surface area contributed by atoms with Crippen molar-refractivity contribution in [1.82, 2.24) is 15.3 Å². The predicted molar refractivity (Wildman–Crippen MR) is 102 cm³/mol. The number of ether oxygens (including phenoxy) is 1. The Labute approximate surface area is 160 Å². The zero-order valence-electron chi connectivity index (χ0n) is 15.4. The van der Waals surface area contributed by atoms with Crippen LogP contribution in [0.3, 0.4) is 0 Å². The number of aromatic nitrogens is 2. The number of hydrogen-bond donors (Lipinski definition) is 2. The number of carbonyl (C=O) groups excluding carboxylic acids is 2. The first-order chi connectivity index (χ1) is 13.0. The van der Waals surface area contributed by atoms with Crippen molar-refractivity contribution in [2.24, 2.45) is 5.41 Å². The summed E-state index contributed by atoms with van der Waals surface area (Å²) in [4.78, 5) is 46.3. The third kappa shape index (κ3) is 3.16. The summed E-state index contributed by atoms with van der Waals surface area (Å²) in [5.74, 6) is -0.742. The molecule has 2 heterocycles. The van der Waals surface area contributed by atoms with Crippen LogP contribution in [0.25, 0.3) is 10.2 Å². The lowest BCUT2D eigenvalue weighted by Crippen LogP contribution is -2.45. The SMILES string of the molecule is COC(=O)C1(CNC(=O)c2nc3sc4c(c3c(=O)[nH]2)CCC4)CCCCC1. The van der Waals surface area contributed by atoms with Gasteiger partial charge in [-0.15, -0.1) is 11.3 Å². The second-order valence-electron chi connectivity index (χ2n) is 7.47. The molecule has 1 saturated carbocycles. The molecule has 2 aliphatic rings. The lowest BCUT2D eigenvalue weighted by atomic mass is 9.74. The number of thiophene rings is 1. The lowest BCUT2D eigenvalue weighted by Gasteiger charge is -2.34. The zero-order chi connectivity index (χ0) is 19.0. The van der Waals surface area contributed by atoms with Gasteiger partial charge in [0.05, 0.1) is 17.9 Å². The van der Waals surface area contributed by atoms with Crippen LogP contribution in [0.2, 0.25) is 0 Å². The quantitative estimate of drug-likeness (QED) is 0.782. The molecule has 0 aliphatic heterocycles. The van der Waals surface area contributed by atoms with Gasteiger partial charge in [-0.25, -0.2) is 4.98 Å². The highest BCUT2D eigenvalue weighted by molar-refractivity contribution is 7.18. The first-order valence-corrected chi connectivity index (χ1v) is 10.3. The fourth-order valence-electron chi connectivity index (χ4n) is 4.34. The third-order valence-corrected chi connectivity index (χ3v) is 6.99. The largest absolute Gasteiger partial charge is 0.469 e. The number of H-pyrrole nitrogens is 1. The second kappa shape index (κ2) is 7.07. The molecule has 0 saturated heterocycles. The van der Waals surface area contributed by atoms with Gasteiger partial charge in [0, 0.05) is 11.4 Å². The van der Waals surface area contributed by atoms with Crippen molar-refractivity contribution in [1.29, 1.82) is 0 Å². The molecule has 0 radical (unpaired) electrons. The van der Waals surface area contributed by atoms with Crippen molar-refractivity contribution < 1.29 is 14.3 Å². The van der Waals surface area contributed by atoms with Gasteiger partial charge in [-0.2, -0.15) is 0 Å². The Kier molecular flexibility index (Phi) is 4.75. The summed E-state index contributed by atoms with van der Waals surface area (Å²) in [5, 5.41) is 3.43. The minimum Gasteiger partial charge on any atom is -0.469 e. The summed E-state index contributed by atoms with van der Waals surface area (Å²) >= 11 is 1.50. The van der Waals surface area contributed by atoms with Crippen molar-refractivity contribution in [2.75, 3.05) is 13.7 Å². The van der Waals surface area contributed by atoms with E-state index >= 15 is 0 Å². The molecule has 1 amide bonds. The molecular formula is C19H23N3O4S. The summed E-state index contributed by atoms with van der Waals surface area (Å²) in [6.07, 6.45) is 7.28. The molecule has 8 heteroatoms. The van der Waals surface area contributed by atoms with Crippen LogP contribution in [0.5, 0.6) is 0 Å².